The lowest BCUT2D eigenvalue weighted by atomic mass is 9.92. The highest BCUT2D eigenvalue weighted by Gasteiger charge is 2.28. The molecule has 4 rings (SSSR count). The van der Waals surface area contributed by atoms with Gasteiger partial charge in [-0.2, -0.15) is 0 Å². The van der Waals surface area contributed by atoms with Crippen molar-refractivity contribution in [1.29, 1.82) is 0 Å². The van der Waals surface area contributed by atoms with Gasteiger partial charge in [0.1, 0.15) is 11.9 Å². The van der Waals surface area contributed by atoms with E-state index in [-0.39, 0.29) is 12.0 Å². The van der Waals surface area contributed by atoms with Gasteiger partial charge in [0.2, 0.25) is 0 Å². The third kappa shape index (κ3) is 5.99. The zero-order valence-corrected chi connectivity index (χ0v) is 18.8. The first kappa shape index (κ1) is 22.6. The van der Waals surface area contributed by atoms with Gasteiger partial charge in [0.25, 0.3) is 5.91 Å². The number of aromatic nitrogens is 1. The number of rotatable bonds is 5. The van der Waals surface area contributed by atoms with Crippen molar-refractivity contribution in [2.24, 2.45) is 0 Å². The number of carbonyl (C=O) groups excluding carboxylic acids is 2. The number of nitrogens with zero attached hydrogens (tertiary/aromatic N) is 2. The number of hydrogen-bond acceptors (Lipinski definition) is 5. The molecule has 0 atom stereocenters. The number of anilines is 2. The van der Waals surface area contributed by atoms with Crippen molar-refractivity contribution in [2.45, 2.75) is 57.1 Å². The van der Waals surface area contributed by atoms with E-state index in [0.717, 1.165) is 25.9 Å². The number of pyridine rings is 1. The van der Waals surface area contributed by atoms with Crippen LogP contribution in [0.5, 0.6) is 0 Å². The lowest BCUT2D eigenvalue weighted by Gasteiger charge is -2.39. The molecule has 1 aromatic carbocycles. The molecule has 1 saturated heterocycles. The second-order valence-corrected chi connectivity index (χ2v) is 8.86. The van der Waals surface area contributed by atoms with Gasteiger partial charge in [-0.15, -0.1) is 0 Å². The van der Waals surface area contributed by atoms with Gasteiger partial charge in [-0.3, -0.25) is 10.1 Å². The summed E-state index contributed by atoms with van der Waals surface area (Å²) in [5.74, 6) is -0.00184. The molecular weight excluding hydrogens is 428 g/mol. The number of nitrogens with one attached hydrogen (secondary N) is 2. The topological polar surface area (TPSA) is 83.6 Å². The predicted molar refractivity (Wildman–Crippen MR) is 125 cm³/mol. The Labute approximate surface area is 193 Å². The Morgan fingerprint density at radius 1 is 0.969 bits per heavy atom. The molecule has 1 aliphatic carbocycles. The molecule has 0 bridgehead atoms. The fourth-order valence-corrected chi connectivity index (χ4v) is 4.63. The van der Waals surface area contributed by atoms with Crippen LogP contribution in [0.3, 0.4) is 0 Å². The van der Waals surface area contributed by atoms with E-state index in [4.69, 9.17) is 16.3 Å². The Balaban J connectivity index is 1.30. The van der Waals surface area contributed by atoms with E-state index in [1.54, 1.807) is 36.4 Å². The molecule has 1 aromatic heterocycles. The number of hydrogen-bond donors (Lipinski definition) is 2. The highest BCUT2D eigenvalue weighted by molar-refractivity contribution is 6.30. The SMILES string of the molecule is O=C(Nc1ccccc1C(=O)Nc1ccc(Cl)cn1)OC1CCN(C2CCCCC2)CC1. The Morgan fingerprint density at radius 2 is 1.72 bits per heavy atom. The number of ether oxygens (including phenoxy) is 1. The van der Waals surface area contributed by atoms with Crippen LogP contribution in [0.1, 0.15) is 55.3 Å². The maximum absolute atomic E-state index is 12.7. The third-order valence-electron chi connectivity index (χ3n) is 6.22. The summed E-state index contributed by atoms with van der Waals surface area (Å²) in [6, 6.07) is 10.8. The fraction of sp³-hybridized carbons (Fsp3) is 0.458. The minimum atomic E-state index is -0.536. The molecule has 0 unspecified atom stereocenters. The van der Waals surface area contributed by atoms with E-state index in [1.807, 2.05) is 0 Å². The van der Waals surface area contributed by atoms with Crippen LogP contribution in [-0.4, -0.2) is 47.1 Å². The van der Waals surface area contributed by atoms with Crippen LogP contribution < -0.4 is 10.6 Å². The van der Waals surface area contributed by atoms with Crippen LogP contribution in [0, 0.1) is 0 Å². The lowest BCUT2D eigenvalue weighted by Crippen LogP contribution is -2.44. The number of amides is 2. The molecule has 170 valence electrons. The predicted octanol–water partition coefficient (Wildman–Crippen LogP) is 5.33. The second-order valence-electron chi connectivity index (χ2n) is 8.42. The van der Waals surface area contributed by atoms with Crippen molar-refractivity contribution in [3.63, 3.8) is 0 Å². The minimum Gasteiger partial charge on any atom is -0.446 e. The van der Waals surface area contributed by atoms with Crippen molar-refractivity contribution >= 4 is 35.1 Å². The van der Waals surface area contributed by atoms with Gasteiger partial charge in [0, 0.05) is 25.3 Å². The molecule has 2 N–H and O–H groups in total. The summed E-state index contributed by atoms with van der Waals surface area (Å²) in [5, 5.41) is 5.92. The maximum Gasteiger partial charge on any atom is 0.411 e. The standard InChI is InChI=1S/C24H29ClN4O3/c25-17-10-11-22(26-16-17)28-23(30)20-8-4-5-9-21(20)27-24(31)32-19-12-14-29(15-13-19)18-6-2-1-3-7-18/h4-5,8-11,16,18-19H,1-3,6-7,12-15H2,(H,27,31)(H,26,28,30). The number of likely N-dealkylation sites (tertiary alicyclic amines) is 1. The number of carbonyl (C=O) groups is 2. The van der Waals surface area contributed by atoms with Crippen molar-refractivity contribution in [3.8, 4) is 0 Å². The summed E-state index contributed by atoms with van der Waals surface area (Å²) in [7, 11) is 0. The van der Waals surface area contributed by atoms with Gasteiger partial charge in [-0.1, -0.05) is 43.0 Å². The van der Waals surface area contributed by atoms with Crippen molar-refractivity contribution in [1.82, 2.24) is 9.88 Å². The summed E-state index contributed by atoms with van der Waals surface area (Å²) in [4.78, 5) is 31.9. The summed E-state index contributed by atoms with van der Waals surface area (Å²) in [6.07, 6.45) is 9.08. The molecule has 2 aliphatic rings. The normalized spacial score (nSPS) is 18.2. The molecule has 0 spiro atoms. The number of para-hydroxylation sites is 1. The molecule has 2 amide bonds. The quantitative estimate of drug-likeness (QED) is 0.635. The molecule has 0 radical (unpaired) electrons. The molecule has 32 heavy (non-hydrogen) atoms. The van der Waals surface area contributed by atoms with Crippen LogP contribution in [0.25, 0.3) is 0 Å². The first-order valence-corrected chi connectivity index (χ1v) is 11.7. The minimum absolute atomic E-state index is 0.103. The smallest absolute Gasteiger partial charge is 0.411 e. The van der Waals surface area contributed by atoms with E-state index in [1.165, 1.54) is 38.3 Å². The summed E-state index contributed by atoms with van der Waals surface area (Å²) >= 11 is 5.84. The Hall–Kier alpha value is -2.64. The van der Waals surface area contributed by atoms with E-state index in [2.05, 4.69) is 20.5 Å². The molecule has 8 heteroatoms. The first-order valence-electron chi connectivity index (χ1n) is 11.3. The highest BCUT2D eigenvalue weighted by atomic mass is 35.5. The van der Waals surface area contributed by atoms with Crippen LogP contribution in [0.4, 0.5) is 16.3 Å². The first-order chi connectivity index (χ1) is 15.6. The molecule has 2 heterocycles. The van der Waals surface area contributed by atoms with Gasteiger partial charge in [-0.05, 0) is 49.9 Å². The van der Waals surface area contributed by atoms with E-state index in [9.17, 15) is 9.59 Å². The van der Waals surface area contributed by atoms with Crippen LogP contribution in [0.2, 0.25) is 5.02 Å². The van der Waals surface area contributed by atoms with Crippen molar-refractivity contribution in [2.75, 3.05) is 23.7 Å². The molecular formula is C24H29ClN4O3. The van der Waals surface area contributed by atoms with Gasteiger partial charge < -0.3 is 15.0 Å². The Bertz CT molecular complexity index is 923. The Morgan fingerprint density at radius 3 is 2.44 bits per heavy atom. The second kappa shape index (κ2) is 10.8. The zero-order valence-electron chi connectivity index (χ0n) is 18.1. The highest BCUT2D eigenvalue weighted by Crippen LogP contribution is 2.26. The van der Waals surface area contributed by atoms with Crippen LogP contribution >= 0.6 is 11.6 Å². The fourth-order valence-electron chi connectivity index (χ4n) is 4.52. The molecule has 1 aliphatic heterocycles. The number of halogens is 1. The lowest BCUT2D eigenvalue weighted by molar-refractivity contribution is 0.0372. The summed E-state index contributed by atoms with van der Waals surface area (Å²) in [5.41, 5.74) is 0.719. The van der Waals surface area contributed by atoms with Crippen molar-refractivity contribution < 1.29 is 14.3 Å². The van der Waals surface area contributed by atoms with E-state index in [0.29, 0.717) is 28.1 Å². The molecule has 2 aromatic rings. The average Bonchev–Trinajstić information content (AvgIpc) is 2.82. The molecule has 2 fully saturated rings. The largest absolute Gasteiger partial charge is 0.446 e. The number of piperidine rings is 1. The van der Waals surface area contributed by atoms with Gasteiger partial charge in [0.15, 0.2) is 0 Å². The van der Waals surface area contributed by atoms with E-state index < -0.39 is 6.09 Å². The Kier molecular flexibility index (Phi) is 7.60. The van der Waals surface area contributed by atoms with Crippen LogP contribution in [0.15, 0.2) is 42.6 Å². The number of benzene rings is 1. The molecule has 1 saturated carbocycles. The molecule has 7 nitrogen and oxygen atoms in total. The van der Waals surface area contributed by atoms with Gasteiger partial charge in [-0.25, -0.2) is 9.78 Å². The van der Waals surface area contributed by atoms with Crippen LogP contribution in [-0.2, 0) is 4.74 Å². The monoisotopic (exact) mass is 456 g/mol. The maximum atomic E-state index is 12.7. The summed E-state index contributed by atoms with van der Waals surface area (Å²) < 4.78 is 5.66. The van der Waals surface area contributed by atoms with Gasteiger partial charge in [0.05, 0.1) is 16.3 Å². The third-order valence-corrected chi connectivity index (χ3v) is 6.44. The zero-order chi connectivity index (χ0) is 22.3. The summed E-state index contributed by atoms with van der Waals surface area (Å²) in [6.45, 7) is 1.94. The van der Waals surface area contributed by atoms with Gasteiger partial charge >= 0.3 is 6.09 Å². The van der Waals surface area contributed by atoms with E-state index >= 15 is 0 Å². The van der Waals surface area contributed by atoms with Crippen molar-refractivity contribution in [3.05, 3.63) is 53.2 Å². The average molecular weight is 457 g/mol.